The van der Waals surface area contributed by atoms with Crippen molar-refractivity contribution < 1.29 is 19.2 Å². The van der Waals surface area contributed by atoms with Gasteiger partial charge in [-0.1, -0.05) is 11.2 Å². The van der Waals surface area contributed by atoms with Gasteiger partial charge in [0.25, 0.3) is 0 Å². The number of likely N-dealkylation sites (tertiary alicyclic amines) is 1. The summed E-state index contributed by atoms with van der Waals surface area (Å²) in [7, 11) is 0. The summed E-state index contributed by atoms with van der Waals surface area (Å²) in [5.41, 5.74) is -0.0371. The summed E-state index contributed by atoms with van der Waals surface area (Å²) in [6.07, 6.45) is 4.10. The predicted molar refractivity (Wildman–Crippen MR) is 94.5 cm³/mol. The van der Waals surface area contributed by atoms with Crippen LogP contribution in [0.3, 0.4) is 0 Å². The molecule has 1 N–H and O–H groups in total. The van der Waals surface area contributed by atoms with E-state index in [1.54, 1.807) is 11.3 Å². The van der Waals surface area contributed by atoms with E-state index in [1.165, 1.54) is 0 Å². The van der Waals surface area contributed by atoms with Crippen LogP contribution in [0.15, 0.2) is 22.0 Å². The lowest BCUT2D eigenvalue weighted by Gasteiger charge is -2.32. The van der Waals surface area contributed by atoms with Crippen LogP contribution in [-0.4, -0.2) is 45.1 Å². The van der Waals surface area contributed by atoms with Crippen molar-refractivity contribution in [1.82, 2.24) is 15.0 Å². The third-order valence-electron chi connectivity index (χ3n) is 5.59. The highest BCUT2D eigenvalue weighted by Crippen LogP contribution is 2.59. The van der Waals surface area contributed by atoms with E-state index in [9.17, 15) is 9.59 Å². The molecule has 1 unspecified atom stereocenters. The molecule has 1 atom stereocenters. The Bertz CT molecular complexity index is 793. The van der Waals surface area contributed by atoms with Crippen LogP contribution in [0.1, 0.15) is 38.0 Å². The number of aromatic nitrogens is 2. The molecule has 7 nitrogen and oxygen atoms in total. The number of carboxylic acid groups (broad SMARTS) is 1. The lowest BCUT2D eigenvalue weighted by molar-refractivity contribution is -0.139. The Morgan fingerprint density at radius 2 is 2.19 bits per heavy atom. The van der Waals surface area contributed by atoms with Crippen molar-refractivity contribution in [3.8, 4) is 10.7 Å². The van der Waals surface area contributed by atoms with Crippen molar-refractivity contribution in [2.45, 2.75) is 38.5 Å². The van der Waals surface area contributed by atoms with Gasteiger partial charge >= 0.3 is 5.97 Å². The first-order valence-corrected chi connectivity index (χ1v) is 9.82. The number of piperidine rings is 1. The van der Waals surface area contributed by atoms with Crippen LogP contribution in [0.4, 0.5) is 0 Å². The molecule has 1 spiro atoms. The number of aryl methyl sites for hydroxylation is 1. The van der Waals surface area contributed by atoms with Crippen LogP contribution in [0.25, 0.3) is 10.7 Å². The molecular weight excluding hydrogens is 354 g/mol. The van der Waals surface area contributed by atoms with Gasteiger partial charge in [0.15, 0.2) is 0 Å². The summed E-state index contributed by atoms with van der Waals surface area (Å²) in [6, 6.07) is 3.89. The van der Waals surface area contributed by atoms with Gasteiger partial charge in [0.05, 0.1) is 10.8 Å². The minimum Gasteiger partial charge on any atom is -0.481 e. The number of hydrogen-bond acceptors (Lipinski definition) is 6. The molecular formula is C18H21N3O4S. The average Bonchev–Trinajstić information content (AvgIpc) is 3.01. The lowest BCUT2D eigenvalue weighted by atomic mass is 9.90. The van der Waals surface area contributed by atoms with E-state index in [0.29, 0.717) is 44.1 Å². The number of aliphatic carboxylic acids is 1. The van der Waals surface area contributed by atoms with Gasteiger partial charge in [-0.2, -0.15) is 4.98 Å². The molecule has 2 aromatic rings. The fourth-order valence-corrected chi connectivity index (χ4v) is 4.51. The first-order valence-electron chi connectivity index (χ1n) is 8.94. The number of carbonyl (C=O) groups is 2. The van der Waals surface area contributed by atoms with Crippen LogP contribution >= 0.6 is 11.3 Å². The molecule has 8 heteroatoms. The van der Waals surface area contributed by atoms with Crippen LogP contribution < -0.4 is 0 Å². The normalized spacial score (nSPS) is 21.1. The Kier molecular flexibility index (Phi) is 4.52. The number of carboxylic acids is 1. The predicted octanol–water partition coefficient (Wildman–Crippen LogP) is 2.83. The third kappa shape index (κ3) is 3.38. The number of nitrogens with zero attached hydrogens (tertiary/aromatic N) is 3. The summed E-state index contributed by atoms with van der Waals surface area (Å²) in [5, 5.41) is 15.1. The van der Waals surface area contributed by atoms with Crippen molar-refractivity contribution >= 4 is 23.2 Å². The minimum absolute atomic E-state index is 0.0371. The van der Waals surface area contributed by atoms with Gasteiger partial charge < -0.3 is 14.5 Å². The van der Waals surface area contributed by atoms with Gasteiger partial charge in [-0.25, -0.2) is 0 Å². The largest absolute Gasteiger partial charge is 0.481 e. The quantitative estimate of drug-likeness (QED) is 0.834. The maximum absolute atomic E-state index is 12.4. The van der Waals surface area contributed by atoms with Crippen LogP contribution in [0.5, 0.6) is 0 Å². The maximum Gasteiger partial charge on any atom is 0.307 e. The van der Waals surface area contributed by atoms with Crippen LogP contribution in [0.2, 0.25) is 0 Å². The molecule has 2 fully saturated rings. The Hall–Kier alpha value is -2.22. The van der Waals surface area contributed by atoms with E-state index in [1.807, 2.05) is 22.4 Å². The van der Waals surface area contributed by atoms with E-state index < -0.39 is 5.97 Å². The van der Waals surface area contributed by atoms with Gasteiger partial charge in [0.1, 0.15) is 0 Å². The summed E-state index contributed by atoms with van der Waals surface area (Å²) in [6.45, 7) is 1.34. The molecule has 4 rings (SSSR count). The molecule has 138 valence electrons. The van der Waals surface area contributed by atoms with Crippen molar-refractivity contribution in [2.24, 2.45) is 11.3 Å². The van der Waals surface area contributed by atoms with Gasteiger partial charge in [0.2, 0.25) is 17.6 Å². The highest BCUT2D eigenvalue weighted by Gasteiger charge is 2.59. The molecule has 1 aliphatic heterocycles. The number of amides is 1. The molecule has 1 saturated carbocycles. The third-order valence-corrected chi connectivity index (χ3v) is 6.46. The zero-order valence-electron chi connectivity index (χ0n) is 14.4. The number of carbonyl (C=O) groups excluding carboxylic acids is 1. The van der Waals surface area contributed by atoms with Crippen LogP contribution in [0, 0.1) is 11.3 Å². The van der Waals surface area contributed by atoms with Crippen molar-refractivity contribution in [3.05, 3.63) is 23.4 Å². The van der Waals surface area contributed by atoms with Gasteiger partial charge in [0, 0.05) is 25.9 Å². The maximum atomic E-state index is 12.4. The Morgan fingerprint density at radius 1 is 1.38 bits per heavy atom. The van der Waals surface area contributed by atoms with Crippen LogP contribution in [-0.2, 0) is 16.0 Å². The molecule has 1 aliphatic carbocycles. The summed E-state index contributed by atoms with van der Waals surface area (Å²) < 4.78 is 5.25. The highest BCUT2D eigenvalue weighted by molar-refractivity contribution is 7.13. The second-order valence-corrected chi connectivity index (χ2v) is 8.13. The van der Waals surface area contributed by atoms with Gasteiger partial charge in [-0.05, 0) is 42.5 Å². The topological polar surface area (TPSA) is 96.5 Å². The highest BCUT2D eigenvalue weighted by atomic mass is 32.1. The first kappa shape index (κ1) is 17.2. The Morgan fingerprint density at radius 3 is 2.85 bits per heavy atom. The number of thiophene rings is 1. The molecule has 1 saturated heterocycles. The monoisotopic (exact) mass is 375 g/mol. The van der Waals surface area contributed by atoms with Crippen molar-refractivity contribution in [2.75, 3.05) is 13.1 Å². The lowest BCUT2D eigenvalue weighted by Crippen LogP contribution is -2.39. The van der Waals surface area contributed by atoms with E-state index in [0.717, 1.165) is 24.1 Å². The minimum atomic E-state index is -0.689. The number of rotatable bonds is 6. The van der Waals surface area contributed by atoms with E-state index >= 15 is 0 Å². The SMILES string of the molecule is O=C(O)C1CC12CCN(C(=O)CCCc1nc(-c3cccs3)no1)CC2. The van der Waals surface area contributed by atoms with Crippen molar-refractivity contribution in [3.63, 3.8) is 0 Å². The molecule has 0 radical (unpaired) electrons. The molecule has 2 aliphatic rings. The molecule has 26 heavy (non-hydrogen) atoms. The smallest absolute Gasteiger partial charge is 0.307 e. The average molecular weight is 375 g/mol. The van der Waals surface area contributed by atoms with Gasteiger partial charge in [-0.3, -0.25) is 9.59 Å². The molecule has 1 amide bonds. The zero-order chi connectivity index (χ0) is 18.1. The standard InChI is InChI=1S/C18H21N3O4S/c22-15(21-8-6-18(7-9-21)11-12(18)17(23)24)5-1-4-14-19-16(20-25-14)13-3-2-10-26-13/h2-3,10,12H,1,4-9,11H2,(H,23,24). The fraction of sp³-hybridized carbons (Fsp3) is 0.556. The van der Waals surface area contributed by atoms with E-state index in [4.69, 9.17) is 9.63 Å². The van der Waals surface area contributed by atoms with Crippen molar-refractivity contribution in [1.29, 1.82) is 0 Å². The Balaban J connectivity index is 1.21. The second kappa shape index (κ2) is 6.83. The second-order valence-electron chi connectivity index (χ2n) is 7.18. The molecule has 3 heterocycles. The van der Waals surface area contributed by atoms with Gasteiger partial charge in [-0.15, -0.1) is 11.3 Å². The molecule has 0 bridgehead atoms. The number of hydrogen-bond donors (Lipinski definition) is 1. The summed E-state index contributed by atoms with van der Waals surface area (Å²) >= 11 is 1.56. The summed E-state index contributed by atoms with van der Waals surface area (Å²) in [5.74, 6) is 0.396. The molecule has 2 aromatic heterocycles. The fourth-order valence-electron chi connectivity index (χ4n) is 3.86. The Labute approximate surface area is 155 Å². The van der Waals surface area contributed by atoms with E-state index in [2.05, 4.69) is 10.1 Å². The van der Waals surface area contributed by atoms with E-state index in [-0.39, 0.29) is 17.2 Å². The summed E-state index contributed by atoms with van der Waals surface area (Å²) in [4.78, 5) is 30.7. The zero-order valence-corrected chi connectivity index (χ0v) is 15.2. The molecule has 0 aromatic carbocycles. The first-order chi connectivity index (χ1) is 12.6.